The molecule has 0 radical (unpaired) electrons. The van der Waals surface area contributed by atoms with Gasteiger partial charge in [0.05, 0.1) is 23.6 Å². The summed E-state index contributed by atoms with van der Waals surface area (Å²) in [5, 5.41) is 11.9. The summed E-state index contributed by atoms with van der Waals surface area (Å²) in [5.41, 5.74) is 0.224. The molecule has 4 aromatic rings. The Balaban J connectivity index is 1.58. The minimum Gasteiger partial charge on any atom is -0.342 e. The number of nitrogens with zero attached hydrogens (tertiary/aromatic N) is 4. The fourth-order valence-electron chi connectivity index (χ4n) is 3.80. The zero-order chi connectivity index (χ0) is 24.0. The summed E-state index contributed by atoms with van der Waals surface area (Å²) in [6.45, 7) is 0. The summed E-state index contributed by atoms with van der Waals surface area (Å²) >= 11 is 5.99. The second-order valence-electron chi connectivity index (χ2n) is 8.20. The van der Waals surface area contributed by atoms with E-state index in [0.717, 1.165) is 16.8 Å². The maximum absolute atomic E-state index is 13.8. The van der Waals surface area contributed by atoms with E-state index in [2.05, 4.69) is 15.5 Å². The normalized spacial score (nSPS) is 14.1. The first kappa shape index (κ1) is 22.0. The van der Waals surface area contributed by atoms with Crippen molar-refractivity contribution in [3.05, 3.63) is 99.1 Å². The molecule has 0 atom stereocenters. The maximum Gasteiger partial charge on any atom is 0.284 e. The molecule has 7 nitrogen and oxygen atoms in total. The highest BCUT2D eigenvalue weighted by molar-refractivity contribution is 6.30. The monoisotopic (exact) mass is 481 g/mol. The van der Waals surface area contributed by atoms with E-state index >= 15 is 0 Å². The van der Waals surface area contributed by atoms with Gasteiger partial charge in [-0.15, -0.1) is 0 Å². The minimum atomic E-state index is -0.995. The Morgan fingerprint density at radius 2 is 1.82 bits per heavy atom. The number of hydrogen-bond donors (Lipinski definition) is 1. The highest BCUT2D eigenvalue weighted by Crippen LogP contribution is 2.46. The van der Waals surface area contributed by atoms with Gasteiger partial charge in [0.25, 0.3) is 11.5 Å². The molecular formula is C24H18ClF2N5O2. The lowest BCUT2D eigenvalue weighted by molar-refractivity contribution is 0.0928. The molecule has 2 heterocycles. The van der Waals surface area contributed by atoms with Gasteiger partial charge in [0.15, 0.2) is 11.6 Å². The molecule has 1 amide bonds. The van der Waals surface area contributed by atoms with E-state index in [-0.39, 0.29) is 5.56 Å². The van der Waals surface area contributed by atoms with Crippen molar-refractivity contribution in [1.82, 2.24) is 24.9 Å². The van der Waals surface area contributed by atoms with Gasteiger partial charge in [0.1, 0.15) is 11.3 Å². The van der Waals surface area contributed by atoms with Crippen LogP contribution < -0.4 is 10.9 Å². The lowest BCUT2D eigenvalue weighted by Gasteiger charge is -2.19. The molecule has 0 unspecified atom stereocenters. The fourth-order valence-corrected chi connectivity index (χ4v) is 3.93. The zero-order valence-electron chi connectivity index (χ0n) is 17.9. The number of carbonyl (C=O) groups excluding carboxylic acids is 1. The third-order valence-electron chi connectivity index (χ3n) is 5.81. The fraction of sp³-hybridized carbons (Fsp3) is 0.167. The lowest BCUT2D eigenvalue weighted by Crippen LogP contribution is -2.39. The lowest BCUT2D eigenvalue weighted by atomic mass is 10.0. The molecule has 0 aliphatic heterocycles. The third-order valence-corrected chi connectivity index (χ3v) is 6.06. The highest BCUT2D eigenvalue weighted by Gasteiger charge is 2.46. The molecule has 1 aliphatic carbocycles. The molecule has 0 bridgehead atoms. The van der Waals surface area contributed by atoms with Crippen LogP contribution in [0.2, 0.25) is 5.02 Å². The van der Waals surface area contributed by atoms with Crippen molar-refractivity contribution >= 4 is 17.5 Å². The number of benzene rings is 2. The second-order valence-corrected chi connectivity index (χ2v) is 8.64. The average Bonchev–Trinajstić information content (AvgIpc) is 3.47. The van der Waals surface area contributed by atoms with Gasteiger partial charge in [-0.3, -0.25) is 14.3 Å². The first-order valence-electron chi connectivity index (χ1n) is 10.4. The largest absolute Gasteiger partial charge is 0.342 e. The molecular weight excluding hydrogens is 464 g/mol. The van der Waals surface area contributed by atoms with Gasteiger partial charge in [-0.25, -0.2) is 8.78 Å². The molecule has 0 spiro atoms. The summed E-state index contributed by atoms with van der Waals surface area (Å²) in [5.74, 6) is -2.60. The van der Waals surface area contributed by atoms with Crippen LogP contribution >= 0.6 is 11.6 Å². The molecule has 172 valence electrons. The average molecular weight is 482 g/mol. The standard InChI is InChI=1S/C24H18ClF2N5O2/c1-31-13-17(12-28-31)32-23(34)18(11-21(30-32)14-2-5-16(25)6-3-14)22(33)29-24(8-9-24)15-4-7-19(26)20(27)10-15/h2-7,10-13H,8-9H2,1H3,(H,29,33). The molecule has 2 aromatic heterocycles. The van der Waals surface area contributed by atoms with Crippen LogP contribution in [-0.2, 0) is 12.6 Å². The van der Waals surface area contributed by atoms with Gasteiger partial charge in [-0.2, -0.15) is 14.9 Å². The smallest absolute Gasteiger partial charge is 0.284 e. The van der Waals surface area contributed by atoms with Crippen LogP contribution in [0.25, 0.3) is 16.9 Å². The Morgan fingerprint density at radius 3 is 2.44 bits per heavy atom. The first-order chi connectivity index (χ1) is 16.3. The Bertz CT molecular complexity index is 1480. The Hall–Kier alpha value is -3.85. The van der Waals surface area contributed by atoms with Gasteiger partial charge < -0.3 is 5.32 Å². The van der Waals surface area contributed by atoms with Gasteiger partial charge in [0.2, 0.25) is 0 Å². The van der Waals surface area contributed by atoms with Crippen LogP contribution in [0, 0.1) is 11.6 Å². The van der Waals surface area contributed by atoms with E-state index in [0.29, 0.717) is 40.4 Å². The van der Waals surface area contributed by atoms with Crippen molar-refractivity contribution in [2.45, 2.75) is 18.4 Å². The first-order valence-corrected chi connectivity index (χ1v) is 10.8. The summed E-state index contributed by atoms with van der Waals surface area (Å²) in [6, 6.07) is 11.8. The Morgan fingerprint density at radius 1 is 1.09 bits per heavy atom. The maximum atomic E-state index is 13.8. The molecule has 1 N–H and O–H groups in total. The number of carbonyl (C=O) groups is 1. The van der Waals surface area contributed by atoms with Crippen LogP contribution in [0.1, 0.15) is 28.8 Å². The predicted octanol–water partition coefficient (Wildman–Crippen LogP) is 3.98. The molecule has 1 aliphatic rings. The van der Waals surface area contributed by atoms with Crippen molar-refractivity contribution in [1.29, 1.82) is 0 Å². The van der Waals surface area contributed by atoms with Gasteiger partial charge in [-0.05, 0) is 48.7 Å². The van der Waals surface area contributed by atoms with Crippen LogP contribution in [-0.4, -0.2) is 25.5 Å². The van der Waals surface area contributed by atoms with Crippen molar-refractivity contribution in [2.24, 2.45) is 7.05 Å². The zero-order valence-corrected chi connectivity index (χ0v) is 18.7. The second kappa shape index (κ2) is 8.18. The molecule has 0 saturated heterocycles. The van der Waals surface area contributed by atoms with Gasteiger partial charge in [-0.1, -0.05) is 29.8 Å². The number of hydrogen-bond acceptors (Lipinski definition) is 4. The van der Waals surface area contributed by atoms with E-state index < -0.39 is 28.6 Å². The predicted molar refractivity (Wildman–Crippen MR) is 122 cm³/mol. The summed E-state index contributed by atoms with van der Waals surface area (Å²) in [7, 11) is 1.70. The van der Waals surface area contributed by atoms with Gasteiger partial charge >= 0.3 is 0 Å². The van der Waals surface area contributed by atoms with Crippen LogP contribution in [0.3, 0.4) is 0 Å². The summed E-state index contributed by atoms with van der Waals surface area (Å²) < 4.78 is 29.8. The van der Waals surface area contributed by atoms with Crippen LogP contribution in [0.5, 0.6) is 0 Å². The molecule has 10 heteroatoms. The molecule has 5 rings (SSSR count). The number of amides is 1. The number of aryl methyl sites for hydroxylation is 1. The van der Waals surface area contributed by atoms with Crippen molar-refractivity contribution in [3.8, 4) is 16.9 Å². The number of nitrogens with one attached hydrogen (secondary N) is 1. The molecule has 1 saturated carbocycles. The molecule has 1 fully saturated rings. The van der Waals surface area contributed by atoms with E-state index in [9.17, 15) is 18.4 Å². The van der Waals surface area contributed by atoms with Crippen LogP contribution in [0.15, 0.2) is 65.7 Å². The topological polar surface area (TPSA) is 81.8 Å². The van der Waals surface area contributed by atoms with E-state index in [1.807, 2.05) is 0 Å². The van der Waals surface area contributed by atoms with Gasteiger partial charge in [0, 0.05) is 17.6 Å². The summed E-state index contributed by atoms with van der Waals surface area (Å²) in [6.07, 6.45) is 4.14. The Labute approximate surface area is 197 Å². The quantitative estimate of drug-likeness (QED) is 0.467. The van der Waals surface area contributed by atoms with Crippen molar-refractivity contribution in [2.75, 3.05) is 0 Å². The molecule has 34 heavy (non-hydrogen) atoms. The van der Waals surface area contributed by atoms with Crippen LogP contribution in [0.4, 0.5) is 8.78 Å². The SMILES string of the molecule is Cn1cc(-n2nc(-c3ccc(Cl)cc3)cc(C(=O)NC3(c4ccc(F)c(F)c4)CC3)c2=O)cn1. The number of halogens is 3. The van der Waals surface area contributed by atoms with E-state index in [4.69, 9.17) is 11.6 Å². The minimum absolute atomic E-state index is 0.141. The summed E-state index contributed by atoms with van der Waals surface area (Å²) in [4.78, 5) is 26.6. The molecule has 2 aromatic carbocycles. The highest BCUT2D eigenvalue weighted by atomic mass is 35.5. The Kier molecular flexibility index (Phi) is 5.28. The van der Waals surface area contributed by atoms with Crippen molar-refractivity contribution < 1.29 is 13.6 Å². The number of rotatable bonds is 5. The van der Waals surface area contributed by atoms with Crippen molar-refractivity contribution in [3.63, 3.8) is 0 Å². The van der Waals surface area contributed by atoms with E-state index in [1.54, 1.807) is 37.5 Å². The third kappa shape index (κ3) is 3.99. The number of aromatic nitrogens is 4. The van der Waals surface area contributed by atoms with E-state index in [1.165, 1.54) is 23.0 Å².